The summed E-state index contributed by atoms with van der Waals surface area (Å²) in [6.45, 7) is 0.204. The molecule has 0 spiro atoms. The number of halogens is 4. The number of amides is 1. The van der Waals surface area contributed by atoms with Crippen LogP contribution in [0.5, 0.6) is 11.5 Å². The average Bonchev–Trinajstić information content (AvgIpc) is 2.73. The van der Waals surface area contributed by atoms with Crippen molar-refractivity contribution in [3.05, 3.63) is 88.2 Å². The Balaban J connectivity index is 1.61. The maximum atomic E-state index is 13.0. The van der Waals surface area contributed by atoms with E-state index in [9.17, 15) is 18.0 Å². The lowest BCUT2D eigenvalue weighted by Gasteiger charge is -2.11. The first-order valence-corrected chi connectivity index (χ1v) is 9.73. The summed E-state index contributed by atoms with van der Waals surface area (Å²) in [6, 6.07) is 13.3. The maximum absolute atomic E-state index is 13.0. The van der Waals surface area contributed by atoms with Gasteiger partial charge < -0.3 is 15.8 Å². The second-order valence-corrected chi connectivity index (χ2v) is 7.15. The van der Waals surface area contributed by atoms with Gasteiger partial charge >= 0.3 is 6.18 Å². The largest absolute Gasteiger partial charge is 0.457 e. The number of hydrogen-bond donors (Lipinski definition) is 3. The Morgan fingerprint density at radius 2 is 1.88 bits per heavy atom. The molecule has 32 heavy (non-hydrogen) atoms. The van der Waals surface area contributed by atoms with Crippen LogP contribution in [0.1, 0.15) is 27.2 Å². The van der Waals surface area contributed by atoms with Crippen LogP contribution in [0.3, 0.4) is 0 Å². The normalized spacial score (nSPS) is 11.1. The van der Waals surface area contributed by atoms with Crippen molar-refractivity contribution in [2.45, 2.75) is 12.6 Å². The highest BCUT2D eigenvalue weighted by Gasteiger charge is 2.33. The molecule has 0 aliphatic rings. The molecule has 0 saturated heterocycles. The smallest absolute Gasteiger partial charge is 0.417 e. The average molecular weight is 463 g/mol. The third-order valence-electron chi connectivity index (χ3n) is 4.37. The molecule has 4 N–H and O–H groups in total. The van der Waals surface area contributed by atoms with E-state index in [2.05, 4.69) is 10.3 Å². The fourth-order valence-electron chi connectivity index (χ4n) is 2.83. The minimum atomic E-state index is -4.65. The molecule has 3 rings (SSSR count). The van der Waals surface area contributed by atoms with E-state index in [1.165, 1.54) is 18.3 Å². The molecule has 6 nitrogen and oxygen atoms in total. The predicted molar refractivity (Wildman–Crippen MR) is 114 cm³/mol. The van der Waals surface area contributed by atoms with Gasteiger partial charge in [0.2, 0.25) is 0 Å². The number of rotatable bonds is 7. The molecule has 0 radical (unpaired) electrons. The van der Waals surface area contributed by atoms with Crippen molar-refractivity contribution in [2.75, 3.05) is 6.54 Å². The van der Waals surface area contributed by atoms with Gasteiger partial charge in [-0.25, -0.2) is 0 Å². The number of nitrogen functional groups attached to an aromatic ring is 1. The van der Waals surface area contributed by atoms with E-state index < -0.39 is 22.7 Å². The Hall–Kier alpha value is -3.59. The fourth-order valence-corrected chi connectivity index (χ4v) is 3.05. The number of carbonyl (C=O) groups excluding carboxylic acids is 1. The van der Waals surface area contributed by atoms with Crippen molar-refractivity contribution in [3.63, 3.8) is 0 Å². The lowest BCUT2D eigenvalue weighted by Crippen LogP contribution is -2.26. The van der Waals surface area contributed by atoms with Crippen molar-refractivity contribution in [1.29, 1.82) is 5.41 Å². The summed E-state index contributed by atoms with van der Waals surface area (Å²) in [5, 5.41) is 9.57. The SMILES string of the molecule is N=C(N)c1cc(Oc2cccc(CCNC(=O)c3ccc(Cl)c(C(F)(F)F)c3)c2)ccn1. The van der Waals surface area contributed by atoms with Crippen molar-refractivity contribution >= 4 is 23.3 Å². The zero-order chi connectivity index (χ0) is 23.3. The van der Waals surface area contributed by atoms with Crippen LogP contribution in [0, 0.1) is 5.41 Å². The van der Waals surface area contributed by atoms with Gasteiger partial charge in [-0.15, -0.1) is 0 Å². The molecule has 0 saturated carbocycles. The molecular formula is C22H18ClF3N4O2. The summed E-state index contributed by atoms with van der Waals surface area (Å²) in [7, 11) is 0. The molecule has 0 aliphatic heterocycles. The summed E-state index contributed by atoms with van der Waals surface area (Å²) >= 11 is 5.58. The zero-order valence-corrected chi connectivity index (χ0v) is 17.3. The van der Waals surface area contributed by atoms with E-state index in [4.69, 9.17) is 27.5 Å². The number of hydrogen-bond acceptors (Lipinski definition) is 4. The second kappa shape index (κ2) is 9.69. The second-order valence-electron chi connectivity index (χ2n) is 6.74. The number of nitrogens with zero attached hydrogens (tertiary/aromatic N) is 1. The molecule has 0 aliphatic carbocycles. The van der Waals surface area contributed by atoms with Crippen LogP contribution in [0.15, 0.2) is 60.8 Å². The number of carbonyl (C=O) groups is 1. The highest BCUT2D eigenvalue weighted by Crippen LogP contribution is 2.35. The van der Waals surface area contributed by atoms with Gasteiger partial charge in [0.05, 0.1) is 10.6 Å². The summed E-state index contributed by atoms with van der Waals surface area (Å²) in [5.74, 6) is 0.178. The van der Waals surface area contributed by atoms with E-state index in [-0.39, 0.29) is 23.6 Å². The maximum Gasteiger partial charge on any atom is 0.417 e. The van der Waals surface area contributed by atoms with Crippen molar-refractivity contribution < 1.29 is 22.7 Å². The number of nitrogens with two attached hydrogens (primary N) is 1. The van der Waals surface area contributed by atoms with Crippen LogP contribution >= 0.6 is 11.6 Å². The molecule has 0 bridgehead atoms. The molecule has 1 aromatic heterocycles. The minimum absolute atomic E-state index is 0.127. The Kier molecular flexibility index (Phi) is 6.99. The molecule has 1 amide bonds. The number of nitrogens with one attached hydrogen (secondary N) is 2. The van der Waals surface area contributed by atoms with Crippen LogP contribution in [0.2, 0.25) is 5.02 Å². The Morgan fingerprint density at radius 3 is 2.59 bits per heavy atom. The third kappa shape index (κ3) is 5.98. The Labute approximate surface area is 186 Å². The van der Waals surface area contributed by atoms with E-state index in [0.29, 0.717) is 17.9 Å². The highest BCUT2D eigenvalue weighted by molar-refractivity contribution is 6.31. The summed E-state index contributed by atoms with van der Waals surface area (Å²) < 4.78 is 44.7. The number of pyridine rings is 1. The van der Waals surface area contributed by atoms with E-state index in [1.807, 2.05) is 6.07 Å². The predicted octanol–water partition coefficient (Wildman–Crippen LogP) is 4.80. The van der Waals surface area contributed by atoms with E-state index >= 15 is 0 Å². The van der Waals surface area contributed by atoms with Gasteiger partial charge in [0.1, 0.15) is 23.0 Å². The minimum Gasteiger partial charge on any atom is -0.457 e. The molecule has 166 valence electrons. The van der Waals surface area contributed by atoms with Crippen LogP contribution in [0.25, 0.3) is 0 Å². The molecule has 10 heteroatoms. The lowest BCUT2D eigenvalue weighted by atomic mass is 10.1. The van der Waals surface area contributed by atoms with Gasteiger partial charge in [0, 0.05) is 24.4 Å². The first-order valence-electron chi connectivity index (χ1n) is 9.35. The van der Waals surface area contributed by atoms with Crippen molar-refractivity contribution in [3.8, 4) is 11.5 Å². The lowest BCUT2D eigenvalue weighted by molar-refractivity contribution is -0.137. The van der Waals surface area contributed by atoms with Gasteiger partial charge in [-0.05, 0) is 48.4 Å². The third-order valence-corrected chi connectivity index (χ3v) is 4.70. The topological polar surface area (TPSA) is 101 Å². The standard InChI is InChI=1S/C22H18ClF3N4O2/c23-18-5-4-14(11-17(18)22(24,25)26)21(31)30-8-6-13-2-1-3-15(10-13)32-16-7-9-29-19(12-16)20(27)28/h1-5,7,9-12H,6,8H2,(H3,27,28)(H,30,31). The van der Waals surface area contributed by atoms with Gasteiger partial charge in [-0.1, -0.05) is 23.7 Å². The fraction of sp³-hybridized carbons (Fsp3) is 0.136. The van der Waals surface area contributed by atoms with Gasteiger partial charge in [-0.3, -0.25) is 15.2 Å². The quantitative estimate of drug-likeness (QED) is 0.346. The Bertz CT molecular complexity index is 1150. The molecule has 1 heterocycles. The number of ether oxygens (including phenoxy) is 1. The van der Waals surface area contributed by atoms with Crippen molar-refractivity contribution in [1.82, 2.24) is 10.3 Å². The number of benzene rings is 2. The number of aromatic nitrogens is 1. The number of amidine groups is 1. The molecule has 0 atom stereocenters. The summed E-state index contributed by atoms with van der Waals surface area (Å²) in [6.07, 6.45) is -2.74. The zero-order valence-electron chi connectivity index (χ0n) is 16.5. The number of alkyl halides is 3. The van der Waals surface area contributed by atoms with Crippen LogP contribution in [-0.4, -0.2) is 23.3 Å². The van der Waals surface area contributed by atoms with Gasteiger partial charge in [0.15, 0.2) is 0 Å². The monoisotopic (exact) mass is 462 g/mol. The summed E-state index contributed by atoms with van der Waals surface area (Å²) in [5.41, 5.74) is 5.38. The molecule has 3 aromatic rings. The van der Waals surface area contributed by atoms with Crippen molar-refractivity contribution in [2.24, 2.45) is 5.73 Å². The van der Waals surface area contributed by atoms with Crippen LogP contribution < -0.4 is 15.8 Å². The highest BCUT2D eigenvalue weighted by atomic mass is 35.5. The Morgan fingerprint density at radius 1 is 1.12 bits per heavy atom. The van der Waals surface area contributed by atoms with Crippen LogP contribution in [0.4, 0.5) is 13.2 Å². The van der Waals surface area contributed by atoms with E-state index in [1.54, 1.807) is 24.3 Å². The van der Waals surface area contributed by atoms with Gasteiger partial charge in [-0.2, -0.15) is 13.2 Å². The molecule has 2 aromatic carbocycles. The first kappa shape index (κ1) is 23.1. The first-order chi connectivity index (χ1) is 15.1. The van der Waals surface area contributed by atoms with Gasteiger partial charge in [0.25, 0.3) is 5.91 Å². The van der Waals surface area contributed by atoms with E-state index in [0.717, 1.165) is 17.7 Å². The molecule has 0 unspecified atom stereocenters. The molecular weight excluding hydrogens is 445 g/mol. The summed E-state index contributed by atoms with van der Waals surface area (Å²) in [4.78, 5) is 16.2. The molecule has 0 fully saturated rings. The van der Waals surface area contributed by atoms with Crippen LogP contribution in [-0.2, 0) is 12.6 Å².